The molecule has 1 atom stereocenters. The summed E-state index contributed by atoms with van der Waals surface area (Å²) in [6, 6.07) is 21.1. The number of aliphatic imine (C=N–C) groups is 1. The van der Waals surface area contributed by atoms with E-state index in [1.54, 1.807) is 12.5 Å². The molecule has 0 radical (unpaired) electrons. The first-order valence-electron chi connectivity index (χ1n) is 12.4. The Bertz CT molecular complexity index is 1690. The molecule has 192 valence electrons. The molecule has 0 saturated carbocycles. The quantitative estimate of drug-likeness (QED) is 0.359. The Labute approximate surface area is 222 Å². The summed E-state index contributed by atoms with van der Waals surface area (Å²) in [6.07, 6.45) is 2.28. The molecule has 1 amide bonds. The molecule has 0 spiro atoms. The number of nitrogens with one attached hydrogen (secondary N) is 2. The van der Waals surface area contributed by atoms with Crippen LogP contribution in [0.3, 0.4) is 0 Å². The second-order valence-electron chi connectivity index (χ2n) is 9.03. The summed E-state index contributed by atoms with van der Waals surface area (Å²) in [5, 5.41) is 18.6. The molecule has 0 fully saturated rings. The first kappa shape index (κ1) is 22.8. The highest BCUT2D eigenvalue weighted by Gasteiger charge is 2.28. The molecule has 39 heavy (non-hydrogen) atoms. The minimum absolute atomic E-state index is 0.0699. The Morgan fingerprint density at radius 2 is 1.77 bits per heavy atom. The first-order valence-corrected chi connectivity index (χ1v) is 12.4. The lowest BCUT2D eigenvalue weighted by atomic mass is 10.0. The lowest BCUT2D eigenvalue weighted by molar-refractivity contribution is -0.116. The number of fused-ring (bicyclic) bond motifs is 2. The fourth-order valence-electron chi connectivity index (χ4n) is 4.75. The molecule has 2 N–H and O–H groups in total. The van der Waals surface area contributed by atoms with Crippen molar-refractivity contribution in [2.45, 2.75) is 19.3 Å². The number of amides is 1. The van der Waals surface area contributed by atoms with E-state index >= 15 is 0 Å². The molecule has 5 heterocycles. The van der Waals surface area contributed by atoms with Gasteiger partial charge in [0.2, 0.25) is 6.17 Å². The van der Waals surface area contributed by atoms with Crippen molar-refractivity contribution in [3.05, 3.63) is 96.2 Å². The third-order valence-electron chi connectivity index (χ3n) is 6.61. The van der Waals surface area contributed by atoms with Gasteiger partial charge in [-0.3, -0.25) is 4.79 Å². The summed E-state index contributed by atoms with van der Waals surface area (Å²) in [5.74, 6) is 1.50. The number of nitrogens with zero attached hydrogens (tertiary/aromatic N) is 8. The minimum atomic E-state index is -0.997. The molecular weight excluding hydrogens is 496 g/mol. The van der Waals surface area contributed by atoms with Gasteiger partial charge in [0, 0.05) is 23.9 Å². The van der Waals surface area contributed by atoms with Crippen molar-refractivity contribution >= 4 is 29.1 Å². The SMILES string of the molecule is O=C1Nc2ccccc2C(c2ccccc2)=NC1Nc1nnc(-c2cccnc2N2CCn3ncnc3C2)o1. The van der Waals surface area contributed by atoms with E-state index in [1.807, 2.05) is 71.4 Å². The fraction of sp³-hybridized carbons (Fsp3) is 0.148. The number of aromatic nitrogens is 6. The van der Waals surface area contributed by atoms with Gasteiger partial charge in [-0.15, -0.1) is 5.10 Å². The topological polar surface area (TPSA) is 139 Å². The molecule has 1 unspecified atom stereocenters. The predicted octanol–water partition coefficient (Wildman–Crippen LogP) is 2.97. The number of hydrogen-bond donors (Lipinski definition) is 2. The van der Waals surface area contributed by atoms with Crippen LogP contribution in [0.25, 0.3) is 11.5 Å². The molecule has 2 aromatic carbocycles. The lowest BCUT2D eigenvalue weighted by Gasteiger charge is -2.28. The van der Waals surface area contributed by atoms with Gasteiger partial charge in [-0.25, -0.2) is 19.6 Å². The zero-order valence-corrected chi connectivity index (χ0v) is 20.6. The highest BCUT2D eigenvalue weighted by Crippen LogP contribution is 2.31. The maximum Gasteiger partial charge on any atom is 0.317 e. The molecule has 7 rings (SSSR count). The van der Waals surface area contributed by atoms with Crippen molar-refractivity contribution in [2.75, 3.05) is 22.1 Å². The minimum Gasteiger partial charge on any atom is -0.403 e. The van der Waals surface area contributed by atoms with Crippen molar-refractivity contribution in [3.8, 4) is 11.5 Å². The van der Waals surface area contributed by atoms with Crippen LogP contribution in [0.4, 0.5) is 17.5 Å². The van der Waals surface area contributed by atoms with Crippen molar-refractivity contribution in [1.82, 2.24) is 29.9 Å². The third-order valence-corrected chi connectivity index (χ3v) is 6.61. The van der Waals surface area contributed by atoms with Crippen LogP contribution >= 0.6 is 0 Å². The van der Waals surface area contributed by atoms with Crippen LogP contribution in [0, 0.1) is 0 Å². The Balaban J connectivity index is 1.19. The first-order chi connectivity index (χ1) is 19.2. The molecule has 12 heteroatoms. The summed E-state index contributed by atoms with van der Waals surface area (Å²) < 4.78 is 7.87. The molecule has 5 aromatic rings. The smallest absolute Gasteiger partial charge is 0.317 e. The Hall–Kier alpha value is -5.39. The average molecular weight is 519 g/mol. The number of benzodiazepines with no additional fused rings is 1. The maximum atomic E-state index is 13.2. The molecular formula is C27H22N10O2. The van der Waals surface area contributed by atoms with E-state index in [4.69, 9.17) is 9.41 Å². The number of benzene rings is 2. The van der Waals surface area contributed by atoms with Gasteiger partial charge in [0.15, 0.2) is 0 Å². The fourth-order valence-corrected chi connectivity index (χ4v) is 4.75. The third kappa shape index (κ3) is 4.27. The zero-order valence-electron chi connectivity index (χ0n) is 20.6. The average Bonchev–Trinajstić information content (AvgIpc) is 3.62. The maximum absolute atomic E-state index is 13.2. The predicted molar refractivity (Wildman–Crippen MR) is 143 cm³/mol. The number of carbonyl (C=O) groups is 1. The van der Waals surface area contributed by atoms with Crippen LogP contribution in [0.1, 0.15) is 17.0 Å². The van der Waals surface area contributed by atoms with Crippen molar-refractivity contribution in [3.63, 3.8) is 0 Å². The van der Waals surface area contributed by atoms with Gasteiger partial charge in [0.25, 0.3) is 11.8 Å². The Kier molecular flexibility index (Phi) is 5.54. The number of rotatable bonds is 5. The Morgan fingerprint density at radius 1 is 0.923 bits per heavy atom. The standard InChI is InChI=1S/C27H22N10O2/c38-25-23(32-22(17-7-2-1-3-8-17)18-9-4-5-11-20(18)31-25)33-27-35-34-26(39-27)19-10-6-12-28-24(19)36-13-14-37-21(15-36)29-16-30-37/h1-12,16,23H,13-15H2,(H,31,38)(H,33,35). The lowest BCUT2D eigenvalue weighted by Crippen LogP contribution is -2.35. The second-order valence-corrected chi connectivity index (χ2v) is 9.03. The molecule has 0 saturated heterocycles. The van der Waals surface area contributed by atoms with Gasteiger partial charge in [-0.1, -0.05) is 53.6 Å². The summed E-state index contributed by atoms with van der Waals surface area (Å²) in [6.45, 7) is 1.96. The number of para-hydroxylation sites is 1. The molecule has 2 aliphatic heterocycles. The number of anilines is 3. The van der Waals surface area contributed by atoms with E-state index in [1.165, 1.54) is 0 Å². The van der Waals surface area contributed by atoms with Crippen LogP contribution in [0.15, 0.2) is 88.7 Å². The molecule has 0 aliphatic carbocycles. The van der Waals surface area contributed by atoms with Gasteiger partial charge >= 0.3 is 6.01 Å². The molecule has 0 bridgehead atoms. The second kappa shape index (κ2) is 9.49. The summed E-state index contributed by atoms with van der Waals surface area (Å²) in [7, 11) is 0. The van der Waals surface area contributed by atoms with Crippen molar-refractivity contribution in [1.29, 1.82) is 0 Å². The molecule has 2 aliphatic rings. The highest BCUT2D eigenvalue weighted by atomic mass is 16.4. The highest BCUT2D eigenvalue weighted by molar-refractivity contribution is 6.19. The van der Waals surface area contributed by atoms with E-state index in [9.17, 15) is 4.79 Å². The van der Waals surface area contributed by atoms with E-state index in [0.717, 1.165) is 17.0 Å². The van der Waals surface area contributed by atoms with E-state index < -0.39 is 6.17 Å². The van der Waals surface area contributed by atoms with Crippen LogP contribution in [0.2, 0.25) is 0 Å². The monoisotopic (exact) mass is 518 g/mol. The number of carbonyl (C=O) groups excluding carboxylic acids is 1. The summed E-state index contributed by atoms with van der Waals surface area (Å²) in [5.41, 5.74) is 3.74. The zero-order chi connectivity index (χ0) is 26.2. The normalized spacial score (nSPS) is 16.5. The molecule has 3 aromatic heterocycles. The summed E-state index contributed by atoms with van der Waals surface area (Å²) >= 11 is 0. The van der Waals surface area contributed by atoms with Crippen LogP contribution in [0.5, 0.6) is 0 Å². The van der Waals surface area contributed by atoms with Crippen molar-refractivity contribution in [2.24, 2.45) is 4.99 Å². The van der Waals surface area contributed by atoms with Gasteiger partial charge < -0.3 is 20.0 Å². The largest absolute Gasteiger partial charge is 0.403 e. The van der Waals surface area contributed by atoms with Crippen LogP contribution in [-0.4, -0.2) is 54.3 Å². The number of pyridine rings is 1. The van der Waals surface area contributed by atoms with Gasteiger partial charge in [0.1, 0.15) is 18.0 Å². The van der Waals surface area contributed by atoms with Crippen LogP contribution < -0.4 is 15.5 Å². The van der Waals surface area contributed by atoms with E-state index in [-0.39, 0.29) is 17.8 Å². The number of hydrogen-bond acceptors (Lipinski definition) is 10. The van der Waals surface area contributed by atoms with E-state index in [2.05, 4.69) is 40.8 Å². The van der Waals surface area contributed by atoms with Gasteiger partial charge in [-0.2, -0.15) is 5.10 Å². The Morgan fingerprint density at radius 3 is 2.69 bits per heavy atom. The van der Waals surface area contributed by atoms with E-state index in [0.29, 0.717) is 42.4 Å². The van der Waals surface area contributed by atoms with Gasteiger partial charge in [-0.05, 0) is 18.2 Å². The summed E-state index contributed by atoms with van der Waals surface area (Å²) in [4.78, 5) is 29.0. The molecule has 12 nitrogen and oxygen atoms in total. The van der Waals surface area contributed by atoms with Crippen LogP contribution in [-0.2, 0) is 17.9 Å². The van der Waals surface area contributed by atoms with Gasteiger partial charge in [0.05, 0.1) is 30.1 Å². The van der Waals surface area contributed by atoms with Crippen molar-refractivity contribution < 1.29 is 9.21 Å².